The standard InChI is InChI=1S/C23H25F3N2O3/c1-14-10-16(11-15(2)20(14)31-22(3,4)5)12-28-19(29)13-27(21(28)30)18-8-6-17(7-9-18)23(24,25)26/h6-11H,12-13H2,1-5H3. The highest BCUT2D eigenvalue weighted by atomic mass is 19.4. The largest absolute Gasteiger partial charge is 0.488 e. The van der Waals surface area contributed by atoms with Crippen LogP contribution in [-0.2, 0) is 17.5 Å². The number of ether oxygens (including phenoxy) is 1. The molecule has 0 N–H and O–H groups in total. The Morgan fingerprint density at radius 2 is 1.52 bits per heavy atom. The average Bonchev–Trinajstić information content (AvgIpc) is 2.92. The van der Waals surface area contributed by atoms with Crippen LogP contribution in [0.5, 0.6) is 5.75 Å². The van der Waals surface area contributed by atoms with Gasteiger partial charge in [0.05, 0.1) is 12.1 Å². The van der Waals surface area contributed by atoms with Gasteiger partial charge in [-0.2, -0.15) is 13.2 Å². The van der Waals surface area contributed by atoms with E-state index >= 15 is 0 Å². The molecule has 1 saturated heterocycles. The first-order chi connectivity index (χ1) is 14.3. The predicted molar refractivity (Wildman–Crippen MR) is 111 cm³/mol. The molecule has 2 aromatic carbocycles. The molecular weight excluding hydrogens is 409 g/mol. The van der Waals surface area contributed by atoms with Gasteiger partial charge in [0, 0.05) is 5.69 Å². The summed E-state index contributed by atoms with van der Waals surface area (Å²) in [6, 6.07) is 7.38. The Balaban J connectivity index is 1.79. The zero-order valence-electron chi connectivity index (χ0n) is 18.1. The fourth-order valence-corrected chi connectivity index (χ4v) is 3.51. The Hall–Kier alpha value is -3.03. The SMILES string of the molecule is Cc1cc(CN2C(=O)CN(c3ccc(C(F)(F)F)cc3)C2=O)cc(C)c1OC(C)(C)C. The number of rotatable bonds is 4. The molecule has 0 atom stereocenters. The third-order valence-corrected chi connectivity index (χ3v) is 4.83. The molecule has 0 radical (unpaired) electrons. The summed E-state index contributed by atoms with van der Waals surface area (Å²) in [5.41, 5.74) is 1.63. The van der Waals surface area contributed by atoms with Gasteiger partial charge in [-0.1, -0.05) is 12.1 Å². The van der Waals surface area contributed by atoms with Crippen LogP contribution in [0.3, 0.4) is 0 Å². The van der Waals surface area contributed by atoms with Crippen molar-refractivity contribution in [1.82, 2.24) is 4.90 Å². The molecule has 3 rings (SSSR count). The van der Waals surface area contributed by atoms with E-state index in [-0.39, 0.29) is 24.4 Å². The Bertz CT molecular complexity index is 985. The van der Waals surface area contributed by atoms with E-state index in [0.717, 1.165) is 39.5 Å². The molecule has 0 unspecified atom stereocenters. The van der Waals surface area contributed by atoms with E-state index in [2.05, 4.69) is 0 Å². The van der Waals surface area contributed by atoms with Gasteiger partial charge >= 0.3 is 12.2 Å². The molecule has 0 aromatic heterocycles. The lowest BCUT2D eigenvalue weighted by molar-refractivity contribution is -0.137. The molecule has 1 heterocycles. The number of amides is 3. The lowest BCUT2D eigenvalue weighted by atomic mass is 10.0. The van der Waals surface area contributed by atoms with Crippen LogP contribution in [0.1, 0.15) is 43.0 Å². The second-order valence-electron chi connectivity index (χ2n) is 8.67. The maximum Gasteiger partial charge on any atom is 0.416 e. The number of aryl methyl sites for hydroxylation is 2. The van der Waals surface area contributed by atoms with Gasteiger partial charge < -0.3 is 4.74 Å². The highest BCUT2D eigenvalue weighted by molar-refractivity contribution is 6.12. The van der Waals surface area contributed by atoms with Crippen LogP contribution in [0, 0.1) is 13.8 Å². The summed E-state index contributed by atoms with van der Waals surface area (Å²) in [5.74, 6) is 0.358. The number of nitrogens with zero attached hydrogens (tertiary/aromatic N) is 2. The molecule has 0 bridgehead atoms. The summed E-state index contributed by atoms with van der Waals surface area (Å²) < 4.78 is 44.3. The van der Waals surface area contributed by atoms with E-state index in [1.165, 1.54) is 17.0 Å². The van der Waals surface area contributed by atoms with Gasteiger partial charge in [-0.3, -0.25) is 14.6 Å². The Kier molecular flexibility index (Phi) is 5.78. The van der Waals surface area contributed by atoms with Crippen molar-refractivity contribution >= 4 is 17.6 Å². The summed E-state index contributed by atoms with van der Waals surface area (Å²) >= 11 is 0. The minimum Gasteiger partial charge on any atom is -0.488 e. The summed E-state index contributed by atoms with van der Waals surface area (Å²) in [6.07, 6.45) is -4.46. The fraction of sp³-hybridized carbons (Fsp3) is 0.391. The zero-order valence-corrected chi connectivity index (χ0v) is 18.1. The molecule has 0 spiro atoms. The quantitative estimate of drug-likeness (QED) is 0.600. The first-order valence-electron chi connectivity index (χ1n) is 9.84. The predicted octanol–water partition coefficient (Wildman–Crippen LogP) is 5.47. The molecule has 31 heavy (non-hydrogen) atoms. The lowest BCUT2D eigenvalue weighted by Crippen LogP contribution is -2.32. The molecule has 166 valence electrons. The number of urea groups is 1. The van der Waals surface area contributed by atoms with E-state index in [0.29, 0.717) is 0 Å². The number of hydrogen-bond acceptors (Lipinski definition) is 3. The first kappa shape index (κ1) is 22.7. The van der Waals surface area contributed by atoms with Crippen molar-refractivity contribution in [2.45, 2.75) is 52.9 Å². The van der Waals surface area contributed by atoms with Crippen LogP contribution in [-0.4, -0.2) is 29.0 Å². The summed E-state index contributed by atoms with van der Waals surface area (Å²) in [6.45, 7) is 9.53. The number of carbonyl (C=O) groups is 2. The summed E-state index contributed by atoms with van der Waals surface area (Å²) in [5, 5.41) is 0. The molecule has 0 saturated carbocycles. The van der Waals surface area contributed by atoms with Gasteiger partial charge in [0.2, 0.25) is 0 Å². The van der Waals surface area contributed by atoms with E-state index in [4.69, 9.17) is 4.74 Å². The lowest BCUT2D eigenvalue weighted by Gasteiger charge is -2.25. The van der Waals surface area contributed by atoms with Crippen molar-refractivity contribution in [2.75, 3.05) is 11.4 Å². The van der Waals surface area contributed by atoms with Crippen molar-refractivity contribution in [2.24, 2.45) is 0 Å². The molecule has 1 fully saturated rings. The third-order valence-electron chi connectivity index (χ3n) is 4.83. The Labute approximate surface area is 179 Å². The maximum absolute atomic E-state index is 12.8. The maximum atomic E-state index is 12.8. The van der Waals surface area contributed by atoms with Crippen molar-refractivity contribution in [3.63, 3.8) is 0 Å². The highest BCUT2D eigenvalue weighted by Gasteiger charge is 2.37. The molecule has 1 aliphatic rings. The van der Waals surface area contributed by atoms with Gasteiger partial charge in [-0.05, 0) is 75.6 Å². The minimum absolute atomic E-state index is 0.0757. The van der Waals surface area contributed by atoms with Crippen LogP contribution in [0.4, 0.5) is 23.7 Å². The summed E-state index contributed by atoms with van der Waals surface area (Å²) in [4.78, 5) is 27.6. The van der Waals surface area contributed by atoms with E-state index in [1.807, 2.05) is 46.8 Å². The van der Waals surface area contributed by atoms with Crippen molar-refractivity contribution < 1.29 is 27.5 Å². The smallest absolute Gasteiger partial charge is 0.416 e. The normalized spacial score (nSPS) is 15.1. The Morgan fingerprint density at radius 1 is 0.968 bits per heavy atom. The highest BCUT2D eigenvalue weighted by Crippen LogP contribution is 2.32. The number of benzene rings is 2. The van der Waals surface area contributed by atoms with Crippen LogP contribution in [0.25, 0.3) is 0 Å². The molecular formula is C23H25F3N2O3. The molecule has 3 amide bonds. The Morgan fingerprint density at radius 3 is 2.00 bits per heavy atom. The second-order valence-corrected chi connectivity index (χ2v) is 8.67. The summed E-state index contributed by atoms with van der Waals surface area (Å²) in [7, 11) is 0. The van der Waals surface area contributed by atoms with Crippen LogP contribution >= 0.6 is 0 Å². The van der Waals surface area contributed by atoms with Crippen molar-refractivity contribution in [1.29, 1.82) is 0 Å². The van der Waals surface area contributed by atoms with Gasteiger partial charge in [0.1, 0.15) is 17.9 Å². The van der Waals surface area contributed by atoms with E-state index < -0.39 is 23.7 Å². The van der Waals surface area contributed by atoms with Gasteiger partial charge in [0.25, 0.3) is 5.91 Å². The van der Waals surface area contributed by atoms with Gasteiger partial charge in [-0.15, -0.1) is 0 Å². The van der Waals surface area contributed by atoms with Gasteiger partial charge in [0.15, 0.2) is 0 Å². The van der Waals surface area contributed by atoms with Crippen LogP contribution in [0.15, 0.2) is 36.4 Å². The number of imide groups is 1. The van der Waals surface area contributed by atoms with Gasteiger partial charge in [-0.25, -0.2) is 4.79 Å². The third kappa shape index (κ3) is 5.00. The number of alkyl halides is 3. The molecule has 2 aromatic rings. The fourth-order valence-electron chi connectivity index (χ4n) is 3.51. The van der Waals surface area contributed by atoms with E-state index in [9.17, 15) is 22.8 Å². The average molecular weight is 434 g/mol. The molecule has 0 aliphatic carbocycles. The first-order valence-corrected chi connectivity index (χ1v) is 9.84. The number of halogens is 3. The number of hydrogen-bond donors (Lipinski definition) is 0. The van der Waals surface area contributed by atoms with Crippen LogP contribution < -0.4 is 9.64 Å². The van der Waals surface area contributed by atoms with Crippen molar-refractivity contribution in [3.8, 4) is 5.75 Å². The monoisotopic (exact) mass is 434 g/mol. The number of anilines is 1. The molecule has 5 nitrogen and oxygen atoms in total. The topological polar surface area (TPSA) is 49.9 Å². The number of carbonyl (C=O) groups excluding carboxylic acids is 2. The zero-order chi connectivity index (χ0) is 23.1. The van der Waals surface area contributed by atoms with Crippen molar-refractivity contribution in [3.05, 3.63) is 58.7 Å². The second kappa shape index (κ2) is 7.90. The molecule has 8 heteroatoms. The van der Waals surface area contributed by atoms with E-state index in [1.54, 1.807) is 0 Å². The van der Waals surface area contributed by atoms with Crippen LogP contribution in [0.2, 0.25) is 0 Å². The molecule has 1 aliphatic heterocycles. The minimum atomic E-state index is -4.46.